The van der Waals surface area contributed by atoms with Crippen molar-refractivity contribution in [2.45, 2.75) is 66.3 Å². The zero-order chi connectivity index (χ0) is 26.6. The maximum absolute atomic E-state index is 13.4. The lowest BCUT2D eigenvalue weighted by atomic mass is 10.1. The molecule has 3 aromatic rings. The molecule has 1 aromatic heterocycles. The third-order valence-corrected chi connectivity index (χ3v) is 10.1. The highest BCUT2D eigenvalue weighted by molar-refractivity contribution is 7.90. The van der Waals surface area contributed by atoms with E-state index in [-0.39, 0.29) is 34.2 Å². The number of alkyl halides is 3. The SMILES string of the molecule is O=S(=O)(Cc1cccc(C(F)(F)F)c1)c1ncc(CN(C2CC2)S(=O)(=O)c2ccc(Cl)cc2)n1C1CC1. The summed E-state index contributed by atoms with van der Waals surface area (Å²) < 4.78 is 95.7. The van der Waals surface area contributed by atoms with E-state index in [1.807, 2.05) is 0 Å². The van der Waals surface area contributed by atoms with Gasteiger partial charge >= 0.3 is 6.18 Å². The van der Waals surface area contributed by atoms with Crippen LogP contribution in [-0.4, -0.2) is 36.7 Å². The molecule has 0 unspecified atom stereocenters. The van der Waals surface area contributed by atoms with Crippen LogP contribution in [0.3, 0.4) is 0 Å². The molecule has 2 aliphatic carbocycles. The van der Waals surface area contributed by atoms with E-state index in [0.717, 1.165) is 12.1 Å². The number of rotatable bonds is 9. The summed E-state index contributed by atoms with van der Waals surface area (Å²) in [6.07, 6.45) is -0.479. The van der Waals surface area contributed by atoms with Crippen molar-refractivity contribution in [1.82, 2.24) is 13.9 Å². The number of benzene rings is 2. The van der Waals surface area contributed by atoms with Crippen LogP contribution in [0.5, 0.6) is 0 Å². The van der Waals surface area contributed by atoms with Gasteiger partial charge in [-0.25, -0.2) is 21.8 Å². The summed E-state index contributed by atoms with van der Waals surface area (Å²) >= 11 is 5.91. The van der Waals surface area contributed by atoms with Crippen molar-refractivity contribution in [2.75, 3.05) is 0 Å². The van der Waals surface area contributed by atoms with Crippen LogP contribution in [-0.2, 0) is 38.3 Å². The van der Waals surface area contributed by atoms with Gasteiger partial charge in [0.25, 0.3) is 0 Å². The fourth-order valence-electron chi connectivity index (χ4n) is 4.24. The molecule has 0 spiro atoms. The molecule has 2 aliphatic rings. The van der Waals surface area contributed by atoms with Crippen molar-refractivity contribution >= 4 is 31.5 Å². The molecule has 2 saturated carbocycles. The fraction of sp³-hybridized carbons (Fsp3) is 0.375. The summed E-state index contributed by atoms with van der Waals surface area (Å²) in [6, 6.07) is 9.65. The summed E-state index contributed by atoms with van der Waals surface area (Å²) in [5, 5.41) is 0.140. The number of hydrogen-bond acceptors (Lipinski definition) is 5. The molecule has 37 heavy (non-hydrogen) atoms. The van der Waals surface area contributed by atoms with Gasteiger partial charge < -0.3 is 4.57 Å². The average Bonchev–Trinajstić information content (AvgIpc) is 3.76. The van der Waals surface area contributed by atoms with E-state index in [2.05, 4.69) is 4.98 Å². The normalized spacial score (nSPS) is 16.9. The predicted octanol–water partition coefficient (Wildman–Crippen LogP) is 5.22. The first kappa shape index (κ1) is 26.2. The van der Waals surface area contributed by atoms with Crippen LogP contribution in [0.1, 0.15) is 48.5 Å². The highest BCUT2D eigenvalue weighted by Gasteiger charge is 2.41. The Kier molecular flexibility index (Phi) is 6.66. The highest BCUT2D eigenvalue weighted by Crippen LogP contribution is 2.41. The van der Waals surface area contributed by atoms with E-state index in [1.54, 1.807) is 0 Å². The summed E-state index contributed by atoms with van der Waals surface area (Å²) in [5.41, 5.74) is -0.514. The molecule has 0 aliphatic heterocycles. The van der Waals surface area contributed by atoms with Crippen LogP contribution in [0, 0.1) is 0 Å². The standard InChI is InChI=1S/C24H23ClF3N3O4S2/c25-18-4-10-22(11-5-18)37(34,35)30(19-6-7-19)14-21-13-29-23(31(21)20-8-9-20)36(32,33)15-16-2-1-3-17(12-16)24(26,27)28/h1-5,10-13,19-20H,6-9,14-15H2. The predicted molar refractivity (Wildman–Crippen MR) is 130 cm³/mol. The molecule has 0 N–H and O–H groups in total. The van der Waals surface area contributed by atoms with E-state index >= 15 is 0 Å². The third kappa shape index (κ3) is 5.57. The van der Waals surface area contributed by atoms with Crippen molar-refractivity contribution in [3.8, 4) is 0 Å². The Morgan fingerprint density at radius 1 is 1.00 bits per heavy atom. The molecule has 5 rings (SSSR count). The first-order valence-corrected chi connectivity index (χ1v) is 15.1. The lowest BCUT2D eigenvalue weighted by molar-refractivity contribution is -0.137. The number of sulfone groups is 1. The van der Waals surface area contributed by atoms with Gasteiger partial charge in [0.1, 0.15) is 0 Å². The molecule has 1 heterocycles. The molecule has 0 atom stereocenters. The number of hydrogen-bond donors (Lipinski definition) is 0. The Bertz CT molecular complexity index is 1530. The second-order valence-corrected chi connectivity index (χ2v) is 13.5. The minimum atomic E-state index is -4.60. The summed E-state index contributed by atoms with van der Waals surface area (Å²) in [4.78, 5) is 4.21. The number of imidazole rings is 1. The molecule has 0 amide bonds. The number of aromatic nitrogens is 2. The van der Waals surface area contributed by atoms with Gasteiger partial charge in [-0.1, -0.05) is 29.8 Å². The zero-order valence-corrected chi connectivity index (χ0v) is 21.8. The van der Waals surface area contributed by atoms with Crippen molar-refractivity contribution in [3.63, 3.8) is 0 Å². The van der Waals surface area contributed by atoms with E-state index in [9.17, 15) is 30.0 Å². The fourth-order valence-corrected chi connectivity index (χ4v) is 7.55. The quantitative estimate of drug-likeness (QED) is 0.350. The van der Waals surface area contributed by atoms with Crippen molar-refractivity contribution in [1.29, 1.82) is 0 Å². The Morgan fingerprint density at radius 2 is 1.68 bits per heavy atom. The van der Waals surface area contributed by atoms with E-state index < -0.39 is 37.4 Å². The van der Waals surface area contributed by atoms with Gasteiger partial charge in [0.05, 0.1) is 34.6 Å². The van der Waals surface area contributed by atoms with Gasteiger partial charge in [-0.2, -0.15) is 17.5 Å². The van der Waals surface area contributed by atoms with Crippen molar-refractivity contribution in [3.05, 3.63) is 76.6 Å². The molecule has 7 nitrogen and oxygen atoms in total. The second kappa shape index (κ2) is 9.40. The lowest BCUT2D eigenvalue weighted by Gasteiger charge is -2.23. The Morgan fingerprint density at radius 3 is 2.27 bits per heavy atom. The largest absolute Gasteiger partial charge is 0.416 e. The van der Waals surface area contributed by atoms with Gasteiger partial charge in [0.2, 0.25) is 25.0 Å². The van der Waals surface area contributed by atoms with Crippen molar-refractivity contribution in [2.24, 2.45) is 0 Å². The lowest BCUT2D eigenvalue weighted by Crippen LogP contribution is -2.33. The molecule has 13 heteroatoms. The average molecular weight is 574 g/mol. The van der Waals surface area contributed by atoms with Gasteiger partial charge in [0.15, 0.2) is 0 Å². The van der Waals surface area contributed by atoms with Gasteiger partial charge in [-0.15, -0.1) is 0 Å². The van der Waals surface area contributed by atoms with Gasteiger partial charge in [-0.3, -0.25) is 0 Å². The molecule has 2 fully saturated rings. The van der Waals surface area contributed by atoms with Crippen LogP contribution in [0.25, 0.3) is 0 Å². The number of sulfonamides is 1. The molecule has 2 aromatic carbocycles. The Labute approximate surface area is 217 Å². The summed E-state index contributed by atoms with van der Waals surface area (Å²) in [5.74, 6) is -0.657. The van der Waals surface area contributed by atoms with Gasteiger partial charge in [0, 0.05) is 17.1 Å². The molecule has 0 bridgehead atoms. The maximum atomic E-state index is 13.4. The molecule has 0 radical (unpaired) electrons. The molecular weight excluding hydrogens is 551 g/mol. The monoisotopic (exact) mass is 573 g/mol. The first-order valence-electron chi connectivity index (χ1n) is 11.6. The number of nitrogens with zero attached hydrogens (tertiary/aromatic N) is 3. The minimum absolute atomic E-state index is 0.00774. The van der Waals surface area contributed by atoms with Gasteiger partial charge in [-0.05, 0) is 61.6 Å². The Hall–Kier alpha value is -2.41. The van der Waals surface area contributed by atoms with E-state index in [0.29, 0.717) is 36.4 Å². The summed E-state index contributed by atoms with van der Waals surface area (Å²) in [6.45, 7) is -0.0712. The van der Waals surface area contributed by atoms with E-state index in [4.69, 9.17) is 11.6 Å². The first-order chi connectivity index (χ1) is 17.4. The maximum Gasteiger partial charge on any atom is 0.416 e. The topological polar surface area (TPSA) is 89.3 Å². The van der Waals surface area contributed by atoms with Crippen molar-refractivity contribution < 1.29 is 30.0 Å². The molecule has 0 saturated heterocycles. The van der Waals surface area contributed by atoms with E-state index in [1.165, 1.54) is 51.5 Å². The van der Waals surface area contributed by atoms with Crippen LogP contribution < -0.4 is 0 Å². The van der Waals surface area contributed by atoms with Crippen LogP contribution in [0.4, 0.5) is 13.2 Å². The van der Waals surface area contributed by atoms with Crippen LogP contribution in [0.2, 0.25) is 5.02 Å². The van der Waals surface area contributed by atoms with Crippen LogP contribution in [0.15, 0.2) is 64.8 Å². The molecule has 198 valence electrons. The minimum Gasteiger partial charge on any atom is -0.315 e. The smallest absolute Gasteiger partial charge is 0.315 e. The highest BCUT2D eigenvalue weighted by atomic mass is 35.5. The Balaban J connectivity index is 1.46. The summed E-state index contributed by atoms with van der Waals surface area (Å²) in [7, 11) is -8.01. The molecular formula is C24H23ClF3N3O4S2. The second-order valence-electron chi connectivity index (χ2n) is 9.33. The zero-order valence-electron chi connectivity index (χ0n) is 19.4. The van der Waals surface area contributed by atoms with Crippen LogP contribution >= 0.6 is 11.6 Å². The third-order valence-electron chi connectivity index (χ3n) is 6.33. The number of halogens is 4.